The van der Waals surface area contributed by atoms with E-state index in [0.717, 1.165) is 25.9 Å². The molecule has 0 radical (unpaired) electrons. The molecular formula is C18H17FN2OS. The zero-order valence-electron chi connectivity index (χ0n) is 12.9. The first kappa shape index (κ1) is 15.7. The summed E-state index contributed by atoms with van der Waals surface area (Å²) in [6.07, 6.45) is 3.69. The predicted octanol–water partition coefficient (Wildman–Crippen LogP) is 3.55. The van der Waals surface area contributed by atoms with Crippen LogP contribution < -0.4 is 0 Å². The van der Waals surface area contributed by atoms with Gasteiger partial charge < -0.3 is 4.90 Å². The number of amides is 1. The Morgan fingerprint density at radius 3 is 2.87 bits per heavy atom. The average molecular weight is 328 g/mol. The van der Waals surface area contributed by atoms with Gasteiger partial charge in [-0.2, -0.15) is 0 Å². The summed E-state index contributed by atoms with van der Waals surface area (Å²) >= 11 is 1.29. The number of benzene rings is 1. The maximum absolute atomic E-state index is 13.1. The third kappa shape index (κ3) is 3.96. The van der Waals surface area contributed by atoms with Crippen LogP contribution in [0.25, 0.3) is 0 Å². The summed E-state index contributed by atoms with van der Waals surface area (Å²) in [6.45, 7) is 3.83. The quantitative estimate of drug-likeness (QED) is 0.750. The second-order valence-corrected chi connectivity index (χ2v) is 6.80. The van der Waals surface area contributed by atoms with E-state index >= 15 is 0 Å². The van der Waals surface area contributed by atoms with Gasteiger partial charge in [-0.1, -0.05) is 18.9 Å². The molecule has 0 aliphatic carbocycles. The van der Waals surface area contributed by atoms with Crippen LogP contribution in [0, 0.1) is 23.6 Å². The van der Waals surface area contributed by atoms with Crippen molar-refractivity contribution < 1.29 is 9.18 Å². The van der Waals surface area contributed by atoms with Crippen LogP contribution in [-0.2, 0) is 0 Å². The van der Waals surface area contributed by atoms with Crippen molar-refractivity contribution in [2.24, 2.45) is 5.92 Å². The second-order valence-electron chi connectivity index (χ2n) is 5.76. The Morgan fingerprint density at radius 2 is 2.13 bits per heavy atom. The Bertz CT molecular complexity index is 767. The van der Waals surface area contributed by atoms with Gasteiger partial charge in [0, 0.05) is 18.7 Å². The fraction of sp³-hybridized carbons (Fsp3) is 0.333. The number of halogens is 1. The third-order valence-electron chi connectivity index (χ3n) is 3.93. The number of nitrogens with zero attached hydrogens (tertiary/aromatic N) is 2. The summed E-state index contributed by atoms with van der Waals surface area (Å²) in [6, 6.07) is 6.12. The predicted molar refractivity (Wildman–Crippen MR) is 88.8 cm³/mol. The van der Waals surface area contributed by atoms with Crippen molar-refractivity contribution in [2.45, 2.75) is 19.8 Å². The number of aromatic nitrogens is 1. The van der Waals surface area contributed by atoms with Crippen LogP contribution in [0.3, 0.4) is 0 Å². The van der Waals surface area contributed by atoms with Crippen molar-refractivity contribution >= 4 is 17.2 Å². The standard InChI is InChI=1S/C18H17FN2OS/c1-13-7-9-21(10-8-13)18(22)16-12-20-17(23-16)6-5-14-3-2-4-15(19)11-14/h2-4,11-13H,7-10H2,1H3. The Morgan fingerprint density at radius 1 is 1.35 bits per heavy atom. The van der Waals surface area contributed by atoms with E-state index in [1.165, 1.54) is 23.5 Å². The zero-order valence-corrected chi connectivity index (χ0v) is 13.7. The van der Waals surface area contributed by atoms with Crippen molar-refractivity contribution in [1.82, 2.24) is 9.88 Å². The van der Waals surface area contributed by atoms with Crippen LogP contribution in [-0.4, -0.2) is 28.9 Å². The summed E-state index contributed by atoms with van der Waals surface area (Å²) < 4.78 is 13.1. The highest BCUT2D eigenvalue weighted by Crippen LogP contribution is 2.20. The largest absolute Gasteiger partial charge is 0.338 e. The molecular weight excluding hydrogens is 311 g/mol. The molecule has 5 heteroatoms. The van der Waals surface area contributed by atoms with Crippen molar-refractivity contribution in [3.05, 3.63) is 51.7 Å². The zero-order chi connectivity index (χ0) is 16.2. The first-order chi connectivity index (χ1) is 11.1. The molecule has 2 aromatic rings. The molecule has 2 heterocycles. The Hall–Kier alpha value is -2.19. The minimum Gasteiger partial charge on any atom is -0.338 e. The molecule has 0 spiro atoms. The highest BCUT2D eigenvalue weighted by molar-refractivity contribution is 7.14. The minimum absolute atomic E-state index is 0.0354. The number of hydrogen-bond acceptors (Lipinski definition) is 3. The molecule has 118 valence electrons. The Labute approximate surface area is 139 Å². The third-order valence-corrected chi connectivity index (χ3v) is 4.83. The number of thiazole rings is 1. The molecule has 0 N–H and O–H groups in total. The highest BCUT2D eigenvalue weighted by Gasteiger charge is 2.22. The molecule has 0 unspecified atom stereocenters. The Kier molecular flexibility index (Phi) is 4.73. The normalized spacial score (nSPS) is 15.1. The summed E-state index contributed by atoms with van der Waals surface area (Å²) in [5, 5.41) is 0.572. The lowest BCUT2D eigenvalue weighted by Crippen LogP contribution is -2.37. The maximum Gasteiger partial charge on any atom is 0.265 e. The fourth-order valence-corrected chi connectivity index (χ4v) is 3.23. The van der Waals surface area contributed by atoms with Crippen LogP contribution in [0.4, 0.5) is 4.39 Å². The maximum atomic E-state index is 13.1. The van der Waals surface area contributed by atoms with E-state index in [1.54, 1.807) is 18.3 Å². The molecule has 1 amide bonds. The van der Waals surface area contributed by atoms with Gasteiger partial charge in [0.05, 0.1) is 6.20 Å². The van der Waals surface area contributed by atoms with Gasteiger partial charge in [0.1, 0.15) is 10.7 Å². The molecule has 1 aromatic heterocycles. The van der Waals surface area contributed by atoms with Crippen LogP contribution >= 0.6 is 11.3 Å². The number of likely N-dealkylation sites (tertiary alicyclic amines) is 1. The lowest BCUT2D eigenvalue weighted by Gasteiger charge is -2.29. The summed E-state index contributed by atoms with van der Waals surface area (Å²) in [7, 11) is 0. The summed E-state index contributed by atoms with van der Waals surface area (Å²) in [5.74, 6) is 6.18. The van der Waals surface area contributed by atoms with E-state index < -0.39 is 0 Å². The van der Waals surface area contributed by atoms with Gasteiger partial charge >= 0.3 is 0 Å². The number of carbonyl (C=O) groups is 1. The van der Waals surface area contributed by atoms with Crippen LogP contribution in [0.15, 0.2) is 30.5 Å². The van der Waals surface area contributed by atoms with Gasteiger partial charge in [0.25, 0.3) is 5.91 Å². The van der Waals surface area contributed by atoms with Gasteiger partial charge in [-0.15, -0.1) is 11.3 Å². The number of piperidine rings is 1. The topological polar surface area (TPSA) is 33.2 Å². The molecule has 0 saturated carbocycles. The van der Waals surface area contributed by atoms with E-state index in [2.05, 4.69) is 23.7 Å². The molecule has 3 rings (SSSR count). The first-order valence-corrected chi connectivity index (χ1v) is 8.46. The van der Waals surface area contributed by atoms with Gasteiger partial charge in [-0.3, -0.25) is 4.79 Å². The average Bonchev–Trinajstić information content (AvgIpc) is 3.02. The molecule has 3 nitrogen and oxygen atoms in total. The first-order valence-electron chi connectivity index (χ1n) is 7.64. The van der Waals surface area contributed by atoms with Gasteiger partial charge in [-0.25, -0.2) is 9.37 Å². The number of hydrogen-bond donors (Lipinski definition) is 0. The van der Waals surface area contributed by atoms with Crippen molar-refractivity contribution in [1.29, 1.82) is 0 Å². The van der Waals surface area contributed by atoms with Crippen molar-refractivity contribution in [3.63, 3.8) is 0 Å². The van der Waals surface area contributed by atoms with E-state index in [9.17, 15) is 9.18 Å². The molecule has 0 atom stereocenters. The second kappa shape index (κ2) is 6.93. The minimum atomic E-state index is -0.314. The van der Waals surface area contributed by atoms with Crippen molar-refractivity contribution in [3.8, 4) is 11.8 Å². The highest BCUT2D eigenvalue weighted by atomic mass is 32.1. The summed E-state index contributed by atoms with van der Waals surface area (Å²) in [5.41, 5.74) is 0.595. The number of carbonyl (C=O) groups excluding carboxylic acids is 1. The van der Waals surface area contributed by atoms with Crippen molar-refractivity contribution in [2.75, 3.05) is 13.1 Å². The lowest BCUT2D eigenvalue weighted by molar-refractivity contribution is 0.0702. The molecule has 1 aromatic carbocycles. The summed E-state index contributed by atoms with van der Waals surface area (Å²) in [4.78, 5) is 19.1. The molecule has 1 aliphatic rings. The monoisotopic (exact) mass is 328 g/mol. The SMILES string of the molecule is CC1CCN(C(=O)c2cnc(C#Cc3cccc(F)c3)s2)CC1. The molecule has 1 fully saturated rings. The van der Waals surface area contributed by atoms with E-state index in [-0.39, 0.29) is 11.7 Å². The lowest BCUT2D eigenvalue weighted by atomic mass is 9.99. The molecule has 1 aliphatic heterocycles. The van der Waals surface area contributed by atoms with Crippen LogP contribution in [0.1, 0.15) is 40.0 Å². The van der Waals surface area contributed by atoms with E-state index in [1.807, 2.05) is 4.90 Å². The Balaban J connectivity index is 1.70. The van der Waals surface area contributed by atoms with Gasteiger partial charge in [0.2, 0.25) is 0 Å². The fourth-order valence-electron chi connectivity index (χ4n) is 2.49. The van der Waals surface area contributed by atoms with Gasteiger partial charge in [-0.05, 0) is 42.9 Å². The molecule has 1 saturated heterocycles. The van der Waals surface area contributed by atoms with E-state index in [0.29, 0.717) is 21.4 Å². The molecule has 23 heavy (non-hydrogen) atoms. The smallest absolute Gasteiger partial charge is 0.265 e. The van der Waals surface area contributed by atoms with Crippen LogP contribution in [0.5, 0.6) is 0 Å². The van der Waals surface area contributed by atoms with Crippen LogP contribution in [0.2, 0.25) is 0 Å². The van der Waals surface area contributed by atoms with Gasteiger partial charge in [0.15, 0.2) is 5.01 Å². The van der Waals surface area contributed by atoms with E-state index in [4.69, 9.17) is 0 Å². The molecule has 0 bridgehead atoms. The number of rotatable bonds is 1.